The predicted molar refractivity (Wildman–Crippen MR) is 75.5 cm³/mol. The Bertz CT molecular complexity index is 452. The van der Waals surface area contributed by atoms with Crippen LogP contribution in [0.2, 0.25) is 0 Å². The summed E-state index contributed by atoms with van der Waals surface area (Å²) >= 11 is 0. The summed E-state index contributed by atoms with van der Waals surface area (Å²) in [5.74, 6) is 0.346. The SMILES string of the molecule is CCC1(C(=O)N2Cc3ccccc3C2)CCCNC1. The van der Waals surface area contributed by atoms with E-state index in [4.69, 9.17) is 0 Å². The smallest absolute Gasteiger partial charge is 0.230 e. The van der Waals surface area contributed by atoms with Gasteiger partial charge in [-0.15, -0.1) is 0 Å². The van der Waals surface area contributed by atoms with Gasteiger partial charge in [-0.25, -0.2) is 0 Å². The first kappa shape index (κ1) is 12.7. The van der Waals surface area contributed by atoms with E-state index in [-0.39, 0.29) is 5.41 Å². The van der Waals surface area contributed by atoms with Gasteiger partial charge in [0, 0.05) is 19.6 Å². The van der Waals surface area contributed by atoms with E-state index >= 15 is 0 Å². The van der Waals surface area contributed by atoms with Crippen LogP contribution in [0.5, 0.6) is 0 Å². The number of piperidine rings is 1. The van der Waals surface area contributed by atoms with E-state index in [1.807, 2.05) is 4.90 Å². The van der Waals surface area contributed by atoms with Gasteiger partial charge in [-0.2, -0.15) is 0 Å². The molecule has 2 aliphatic rings. The van der Waals surface area contributed by atoms with Crippen molar-refractivity contribution in [3.63, 3.8) is 0 Å². The van der Waals surface area contributed by atoms with Gasteiger partial charge in [-0.05, 0) is 36.9 Å². The highest BCUT2D eigenvalue weighted by molar-refractivity contribution is 5.83. The highest BCUT2D eigenvalue weighted by Crippen LogP contribution is 2.35. The standard InChI is InChI=1S/C16H22N2O/c1-2-16(8-5-9-17-12-16)15(19)18-10-13-6-3-4-7-14(13)11-18/h3-4,6-7,17H,2,5,8-12H2,1H3. The first-order valence-corrected chi connectivity index (χ1v) is 7.32. The Morgan fingerprint density at radius 1 is 1.32 bits per heavy atom. The van der Waals surface area contributed by atoms with Gasteiger partial charge in [0.2, 0.25) is 5.91 Å². The summed E-state index contributed by atoms with van der Waals surface area (Å²) in [5, 5.41) is 3.40. The average molecular weight is 258 g/mol. The molecule has 102 valence electrons. The topological polar surface area (TPSA) is 32.3 Å². The van der Waals surface area contributed by atoms with E-state index in [1.54, 1.807) is 0 Å². The summed E-state index contributed by atoms with van der Waals surface area (Å²) in [6.45, 7) is 5.62. The summed E-state index contributed by atoms with van der Waals surface area (Å²) in [5.41, 5.74) is 2.46. The Kier molecular flexibility index (Phi) is 3.31. The van der Waals surface area contributed by atoms with Crippen molar-refractivity contribution in [1.29, 1.82) is 0 Å². The number of amides is 1. The van der Waals surface area contributed by atoms with Crippen molar-refractivity contribution >= 4 is 5.91 Å². The third-order valence-corrected chi connectivity index (χ3v) is 4.73. The maximum absolute atomic E-state index is 12.9. The number of hydrogen-bond donors (Lipinski definition) is 1. The molecule has 0 bridgehead atoms. The molecule has 1 fully saturated rings. The lowest BCUT2D eigenvalue weighted by Crippen LogP contribution is -2.50. The molecule has 3 heteroatoms. The van der Waals surface area contributed by atoms with Crippen molar-refractivity contribution in [2.45, 2.75) is 39.3 Å². The molecule has 1 aromatic carbocycles. The molecule has 1 atom stereocenters. The minimum absolute atomic E-state index is 0.166. The van der Waals surface area contributed by atoms with Crippen LogP contribution in [0.4, 0.5) is 0 Å². The van der Waals surface area contributed by atoms with Crippen LogP contribution in [-0.4, -0.2) is 23.9 Å². The Labute approximate surface area is 115 Å². The number of carbonyl (C=O) groups is 1. The van der Waals surface area contributed by atoms with Crippen LogP contribution in [0.15, 0.2) is 24.3 Å². The highest BCUT2D eigenvalue weighted by Gasteiger charge is 2.41. The zero-order chi connectivity index (χ0) is 13.3. The molecule has 0 aliphatic carbocycles. The Morgan fingerprint density at radius 3 is 2.53 bits per heavy atom. The number of benzene rings is 1. The van der Waals surface area contributed by atoms with Crippen LogP contribution >= 0.6 is 0 Å². The number of hydrogen-bond acceptors (Lipinski definition) is 2. The lowest BCUT2D eigenvalue weighted by atomic mass is 9.77. The van der Waals surface area contributed by atoms with Gasteiger partial charge in [0.1, 0.15) is 0 Å². The fourth-order valence-corrected chi connectivity index (χ4v) is 3.42. The Balaban J connectivity index is 1.78. The molecule has 19 heavy (non-hydrogen) atoms. The molecule has 3 rings (SSSR count). The van der Waals surface area contributed by atoms with Gasteiger partial charge in [0.15, 0.2) is 0 Å². The fraction of sp³-hybridized carbons (Fsp3) is 0.562. The van der Waals surface area contributed by atoms with Gasteiger partial charge in [-0.1, -0.05) is 31.2 Å². The second kappa shape index (κ2) is 4.97. The predicted octanol–water partition coefficient (Wildman–Crippen LogP) is 2.31. The van der Waals surface area contributed by atoms with E-state index in [2.05, 4.69) is 36.5 Å². The van der Waals surface area contributed by atoms with Gasteiger partial charge in [-0.3, -0.25) is 4.79 Å². The molecule has 1 saturated heterocycles. The molecule has 2 aliphatic heterocycles. The van der Waals surface area contributed by atoms with Crippen molar-refractivity contribution in [3.8, 4) is 0 Å². The number of rotatable bonds is 2. The first-order valence-electron chi connectivity index (χ1n) is 7.32. The third-order valence-electron chi connectivity index (χ3n) is 4.73. The summed E-state index contributed by atoms with van der Waals surface area (Å²) in [7, 11) is 0. The zero-order valence-electron chi connectivity index (χ0n) is 11.6. The summed E-state index contributed by atoms with van der Waals surface area (Å²) in [6, 6.07) is 8.40. The Hall–Kier alpha value is -1.35. The van der Waals surface area contributed by atoms with Crippen molar-refractivity contribution in [3.05, 3.63) is 35.4 Å². The van der Waals surface area contributed by atoms with E-state index in [0.29, 0.717) is 5.91 Å². The van der Waals surface area contributed by atoms with E-state index in [9.17, 15) is 4.79 Å². The van der Waals surface area contributed by atoms with Gasteiger partial charge in [0.05, 0.1) is 5.41 Å². The normalized spacial score (nSPS) is 26.3. The van der Waals surface area contributed by atoms with Gasteiger partial charge >= 0.3 is 0 Å². The molecule has 0 spiro atoms. The third kappa shape index (κ3) is 2.16. The lowest BCUT2D eigenvalue weighted by molar-refractivity contribution is -0.144. The molecule has 0 radical (unpaired) electrons. The maximum atomic E-state index is 12.9. The second-order valence-corrected chi connectivity index (χ2v) is 5.84. The van der Waals surface area contributed by atoms with Crippen molar-refractivity contribution < 1.29 is 4.79 Å². The molecule has 1 unspecified atom stereocenters. The molecule has 1 N–H and O–H groups in total. The van der Waals surface area contributed by atoms with E-state index < -0.39 is 0 Å². The maximum Gasteiger partial charge on any atom is 0.230 e. The quantitative estimate of drug-likeness (QED) is 0.883. The average Bonchev–Trinajstić information content (AvgIpc) is 2.91. The summed E-state index contributed by atoms with van der Waals surface area (Å²) < 4.78 is 0. The molecule has 1 amide bonds. The molecular formula is C16H22N2O. The molecule has 1 aromatic rings. The van der Waals surface area contributed by atoms with Crippen LogP contribution in [0, 0.1) is 5.41 Å². The Morgan fingerprint density at radius 2 is 2.00 bits per heavy atom. The molecule has 2 heterocycles. The number of carbonyl (C=O) groups excluding carboxylic acids is 1. The van der Waals surface area contributed by atoms with Crippen LogP contribution in [-0.2, 0) is 17.9 Å². The van der Waals surface area contributed by atoms with Crippen LogP contribution in [0.3, 0.4) is 0 Å². The zero-order valence-corrected chi connectivity index (χ0v) is 11.6. The van der Waals surface area contributed by atoms with Crippen LogP contribution < -0.4 is 5.32 Å². The van der Waals surface area contributed by atoms with Crippen molar-refractivity contribution in [2.75, 3.05) is 13.1 Å². The van der Waals surface area contributed by atoms with E-state index in [1.165, 1.54) is 11.1 Å². The molecule has 3 nitrogen and oxygen atoms in total. The molecule has 0 aromatic heterocycles. The van der Waals surface area contributed by atoms with Crippen LogP contribution in [0.1, 0.15) is 37.3 Å². The monoisotopic (exact) mass is 258 g/mol. The number of nitrogens with zero attached hydrogens (tertiary/aromatic N) is 1. The van der Waals surface area contributed by atoms with Crippen molar-refractivity contribution in [1.82, 2.24) is 10.2 Å². The van der Waals surface area contributed by atoms with Crippen LogP contribution in [0.25, 0.3) is 0 Å². The van der Waals surface area contributed by atoms with Gasteiger partial charge in [0.25, 0.3) is 0 Å². The second-order valence-electron chi connectivity index (χ2n) is 5.84. The molecular weight excluding hydrogens is 236 g/mol. The summed E-state index contributed by atoms with van der Waals surface area (Å²) in [6.07, 6.45) is 3.08. The minimum Gasteiger partial charge on any atom is -0.333 e. The van der Waals surface area contributed by atoms with Gasteiger partial charge < -0.3 is 10.2 Å². The molecule has 0 saturated carbocycles. The minimum atomic E-state index is -0.166. The van der Waals surface area contributed by atoms with E-state index in [0.717, 1.165) is 45.4 Å². The largest absolute Gasteiger partial charge is 0.333 e. The first-order chi connectivity index (χ1) is 9.25. The van der Waals surface area contributed by atoms with Crippen molar-refractivity contribution in [2.24, 2.45) is 5.41 Å². The number of nitrogens with one attached hydrogen (secondary N) is 1. The number of fused-ring (bicyclic) bond motifs is 1. The highest BCUT2D eigenvalue weighted by atomic mass is 16.2. The summed E-state index contributed by atoms with van der Waals surface area (Å²) in [4.78, 5) is 15.0. The fourth-order valence-electron chi connectivity index (χ4n) is 3.42. The lowest BCUT2D eigenvalue weighted by Gasteiger charge is -2.38.